The average molecular weight is 437 g/mol. The number of nitrogen functional groups attached to an aromatic ring is 1. The lowest BCUT2D eigenvalue weighted by Gasteiger charge is -2.13. The maximum absolute atomic E-state index is 6.50. The first-order valence-corrected chi connectivity index (χ1v) is 9.54. The highest BCUT2D eigenvalue weighted by Gasteiger charge is 2.16. The second-order valence-corrected chi connectivity index (χ2v) is 7.39. The maximum atomic E-state index is 6.50. The van der Waals surface area contributed by atoms with E-state index in [4.69, 9.17) is 27.3 Å². The molecule has 0 saturated heterocycles. The Morgan fingerprint density at radius 2 is 1.19 bits per heavy atom. The summed E-state index contributed by atoms with van der Waals surface area (Å²) in [6, 6.07) is 25.3. The monoisotopic (exact) mass is 435 g/mol. The van der Waals surface area contributed by atoms with E-state index < -0.39 is 0 Å². The van der Waals surface area contributed by atoms with Crippen molar-refractivity contribution in [3.8, 4) is 33.9 Å². The Morgan fingerprint density at radius 3 is 1.74 bits per heavy atom. The van der Waals surface area contributed by atoms with Crippen LogP contribution in [0.4, 0.5) is 5.69 Å². The highest BCUT2D eigenvalue weighted by atomic mass is 79.9. The molecule has 4 aromatic rings. The Morgan fingerprint density at radius 1 is 0.667 bits per heavy atom. The smallest absolute Gasteiger partial charge is 0.160 e. The molecule has 0 unspecified atom stereocenters. The van der Waals surface area contributed by atoms with E-state index in [1.54, 1.807) is 0 Å². The van der Waals surface area contributed by atoms with Crippen molar-refractivity contribution in [1.82, 2.24) is 9.97 Å². The Hall–Kier alpha value is -2.69. The first kappa shape index (κ1) is 17.7. The third kappa shape index (κ3) is 3.72. The predicted octanol–water partition coefficient (Wildman–Crippen LogP) is 6.48. The van der Waals surface area contributed by atoms with Gasteiger partial charge in [-0.2, -0.15) is 0 Å². The summed E-state index contributed by atoms with van der Waals surface area (Å²) >= 11 is 9.51. The van der Waals surface area contributed by atoms with Crippen LogP contribution >= 0.6 is 27.5 Å². The van der Waals surface area contributed by atoms with E-state index in [-0.39, 0.29) is 0 Å². The third-order valence-corrected chi connectivity index (χ3v) is 4.99. The van der Waals surface area contributed by atoms with Crippen molar-refractivity contribution in [1.29, 1.82) is 0 Å². The Labute approximate surface area is 171 Å². The molecule has 0 bridgehead atoms. The third-order valence-electron chi connectivity index (χ3n) is 4.21. The van der Waals surface area contributed by atoms with Crippen LogP contribution in [-0.4, -0.2) is 9.97 Å². The van der Waals surface area contributed by atoms with Crippen LogP contribution in [0.25, 0.3) is 33.9 Å². The van der Waals surface area contributed by atoms with Crippen molar-refractivity contribution in [3.05, 3.63) is 88.4 Å². The number of benzene rings is 3. The quantitative estimate of drug-likeness (QED) is 0.400. The van der Waals surface area contributed by atoms with Gasteiger partial charge in [0.1, 0.15) is 0 Å². The molecule has 3 nitrogen and oxygen atoms in total. The molecule has 132 valence electrons. The van der Waals surface area contributed by atoms with Crippen LogP contribution in [0, 0.1) is 0 Å². The molecule has 0 aliphatic heterocycles. The minimum Gasteiger partial charge on any atom is -0.395 e. The molecule has 0 saturated carbocycles. The van der Waals surface area contributed by atoms with Crippen LogP contribution in [0.5, 0.6) is 0 Å². The van der Waals surface area contributed by atoms with E-state index >= 15 is 0 Å². The second kappa shape index (κ2) is 7.51. The zero-order chi connectivity index (χ0) is 18.8. The lowest BCUT2D eigenvalue weighted by molar-refractivity contribution is 1.19. The molecule has 0 atom stereocenters. The largest absolute Gasteiger partial charge is 0.395 e. The Balaban J connectivity index is 1.96. The molecule has 0 aliphatic rings. The topological polar surface area (TPSA) is 51.8 Å². The van der Waals surface area contributed by atoms with E-state index in [9.17, 15) is 0 Å². The van der Waals surface area contributed by atoms with Crippen LogP contribution < -0.4 is 5.73 Å². The van der Waals surface area contributed by atoms with E-state index in [1.807, 2.05) is 78.9 Å². The highest BCUT2D eigenvalue weighted by molar-refractivity contribution is 9.10. The summed E-state index contributed by atoms with van der Waals surface area (Å²) in [5.41, 5.74) is 11.2. The predicted molar refractivity (Wildman–Crippen MR) is 115 cm³/mol. The minimum absolute atomic E-state index is 0.541. The molecule has 0 aliphatic carbocycles. The summed E-state index contributed by atoms with van der Waals surface area (Å²) in [7, 11) is 0. The molecule has 27 heavy (non-hydrogen) atoms. The molecule has 5 heteroatoms. The zero-order valence-electron chi connectivity index (χ0n) is 14.2. The number of rotatable bonds is 3. The van der Waals surface area contributed by atoms with E-state index in [0.29, 0.717) is 27.9 Å². The average Bonchev–Trinajstić information content (AvgIpc) is 2.70. The summed E-state index contributed by atoms with van der Waals surface area (Å²) in [5, 5.41) is 0.669. The number of halogens is 2. The summed E-state index contributed by atoms with van der Waals surface area (Å²) in [5.74, 6) is 0.632. The van der Waals surface area contributed by atoms with Crippen molar-refractivity contribution in [3.63, 3.8) is 0 Å². The number of nitrogens with two attached hydrogens (primary N) is 1. The molecule has 4 rings (SSSR count). The van der Waals surface area contributed by atoms with Crippen molar-refractivity contribution in [2.45, 2.75) is 0 Å². The number of hydrogen-bond acceptors (Lipinski definition) is 3. The van der Waals surface area contributed by atoms with Crippen molar-refractivity contribution < 1.29 is 0 Å². The maximum Gasteiger partial charge on any atom is 0.160 e. The van der Waals surface area contributed by atoms with Crippen LogP contribution in [-0.2, 0) is 0 Å². The van der Waals surface area contributed by atoms with Gasteiger partial charge in [0, 0.05) is 26.2 Å². The van der Waals surface area contributed by atoms with Gasteiger partial charge < -0.3 is 5.73 Å². The summed E-state index contributed by atoms with van der Waals surface area (Å²) in [6.07, 6.45) is 0. The van der Waals surface area contributed by atoms with E-state index in [0.717, 1.165) is 21.2 Å². The number of nitrogens with zero attached hydrogens (tertiary/aromatic N) is 2. The SMILES string of the molecule is Nc1c(-c2ccc(Cl)cc2)nc(-c2ccccc2)nc1-c1ccc(Br)cc1. The summed E-state index contributed by atoms with van der Waals surface area (Å²) < 4.78 is 1.00. The van der Waals surface area contributed by atoms with Gasteiger partial charge in [0.05, 0.1) is 17.1 Å². The Kier molecular flexibility index (Phi) is 4.92. The fraction of sp³-hybridized carbons (Fsp3) is 0. The lowest BCUT2D eigenvalue weighted by Crippen LogP contribution is -2.02. The molecule has 0 fully saturated rings. The number of hydrogen-bond donors (Lipinski definition) is 1. The molecule has 1 heterocycles. The van der Waals surface area contributed by atoms with Crippen LogP contribution in [0.15, 0.2) is 83.3 Å². The van der Waals surface area contributed by atoms with Gasteiger partial charge in [-0.1, -0.05) is 82.1 Å². The van der Waals surface area contributed by atoms with Gasteiger partial charge in [0.2, 0.25) is 0 Å². The molecule has 1 aromatic heterocycles. The van der Waals surface area contributed by atoms with Crippen molar-refractivity contribution in [2.24, 2.45) is 0 Å². The first-order valence-electron chi connectivity index (χ1n) is 8.36. The molecule has 3 aromatic carbocycles. The van der Waals surface area contributed by atoms with Gasteiger partial charge in [-0.25, -0.2) is 9.97 Å². The Bertz CT molecular complexity index is 1010. The van der Waals surface area contributed by atoms with Gasteiger partial charge in [-0.15, -0.1) is 0 Å². The molecular formula is C22H15BrClN3. The number of aromatic nitrogens is 2. The van der Waals surface area contributed by atoms with Crippen molar-refractivity contribution in [2.75, 3.05) is 5.73 Å². The fourth-order valence-corrected chi connectivity index (χ4v) is 3.23. The van der Waals surface area contributed by atoms with Gasteiger partial charge in [0.15, 0.2) is 5.82 Å². The normalized spacial score (nSPS) is 10.7. The van der Waals surface area contributed by atoms with Crippen LogP contribution in [0.2, 0.25) is 5.02 Å². The van der Waals surface area contributed by atoms with Gasteiger partial charge in [0.25, 0.3) is 0 Å². The molecule has 0 radical (unpaired) electrons. The zero-order valence-corrected chi connectivity index (χ0v) is 16.6. The van der Waals surface area contributed by atoms with Crippen LogP contribution in [0.1, 0.15) is 0 Å². The minimum atomic E-state index is 0.541. The summed E-state index contributed by atoms with van der Waals surface area (Å²) in [6.45, 7) is 0. The number of anilines is 1. The van der Waals surface area contributed by atoms with E-state index in [1.165, 1.54) is 0 Å². The van der Waals surface area contributed by atoms with Gasteiger partial charge >= 0.3 is 0 Å². The summed E-state index contributed by atoms with van der Waals surface area (Å²) in [4.78, 5) is 9.53. The van der Waals surface area contributed by atoms with Crippen molar-refractivity contribution >= 4 is 33.2 Å². The molecular weight excluding hydrogens is 422 g/mol. The molecule has 2 N–H and O–H groups in total. The second-order valence-electron chi connectivity index (χ2n) is 6.04. The van der Waals surface area contributed by atoms with Crippen LogP contribution in [0.3, 0.4) is 0 Å². The standard InChI is InChI=1S/C22H15BrClN3/c23-17-10-6-14(7-11-17)20-19(25)21(15-8-12-18(24)13-9-15)27-22(26-20)16-4-2-1-3-5-16/h1-13H,25H2. The van der Waals surface area contributed by atoms with Gasteiger partial charge in [-0.3, -0.25) is 0 Å². The highest BCUT2D eigenvalue weighted by Crippen LogP contribution is 2.35. The molecule has 0 amide bonds. The lowest BCUT2D eigenvalue weighted by atomic mass is 10.0. The first-order chi connectivity index (χ1) is 13.1. The van der Waals surface area contributed by atoms with E-state index in [2.05, 4.69) is 15.9 Å². The molecule has 0 spiro atoms. The fourth-order valence-electron chi connectivity index (χ4n) is 2.84. The van der Waals surface area contributed by atoms with Gasteiger partial charge in [-0.05, 0) is 24.3 Å².